The van der Waals surface area contributed by atoms with Crippen molar-refractivity contribution >= 4 is 5.91 Å². The van der Waals surface area contributed by atoms with E-state index in [1.807, 2.05) is 27.8 Å². The molecule has 0 bridgehead atoms. The molecule has 4 rings (SSSR count). The minimum atomic E-state index is 0.189. The number of aryl methyl sites for hydroxylation is 1. The van der Waals surface area contributed by atoms with Gasteiger partial charge in [0.15, 0.2) is 0 Å². The first-order chi connectivity index (χ1) is 13.1. The van der Waals surface area contributed by atoms with Crippen molar-refractivity contribution in [1.82, 2.24) is 19.6 Å². The van der Waals surface area contributed by atoms with Gasteiger partial charge in [-0.25, -0.2) is 4.68 Å². The molecule has 1 aromatic carbocycles. The van der Waals surface area contributed by atoms with Crippen molar-refractivity contribution in [3.05, 3.63) is 47.3 Å². The molecule has 27 heavy (non-hydrogen) atoms. The first-order valence-electron chi connectivity index (χ1n) is 9.86. The summed E-state index contributed by atoms with van der Waals surface area (Å²) in [6.07, 6.45) is 1.70. The van der Waals surface area contributed by atoms with Gasteiger partial charge >= 0.3 is 0 Å². The average Bonchev–Trinajstić information content (AvgIpc) is 3.23. The monoisotopic (exact) mass is 368 g/mol. The molecule has 6 heteroatoms. The molecule has 0 aliphatic carbocycles. The van der Waals surface area contributed by atoms with Crippen LogP contribution in [0.4, 0.5) is 0 Å². The fourth-order valence-electron chi connectivity index (χ4n) is 4.32. The van der Waals surface area contributed by atoms with Gasteiger partial charge in [-0.05, 0) is 32.4 Å². The molecule has 2 aromatic rings. The number of hydrogen-bond acceptors (Lipinski definition) is 4. The Balaban J connectivity index is 1.56. The quantitative estimate of drug-likeness (QED) is 0.814. The third-order valence-corrected chi connectivity index (χ3v) is 5.75. The van der Waals surface area contributed by atoms with E-state index < -0.39 is 0 Å². The number of likely N-dealkylation sites (tertiary alicyclic amines) is 1. The molecule has 6 nitrogen and oxygen atoms in total. The fourth-order valence-corrected chi connectivity index (χ4v) is 4.32. The van der Waals surface area contributed by atoms with Gasteiger partial charge in [0.05, 0.1) is 30.6 Å². The molecule has 1 aromatic heterocycles. The summed E-state index contributed by atoms with van der Waals surface area (Å²) in [6, 6.07) is 10.4. The second-order valence-corrected chi connectivity index (χ2v) is 7.44. The van der Waals surface area contributed by atoms with Crippen LogP contribution in [-0.2, 0) is 9.53 Å². The van der Waals surface area contributed by atoms with Crippen LogP contribution >= 0.6 is 0 Å². The summed E-state index contributed by atoms with van der Waals surface area (Å²) in [6.45, 7) is 9.12. The Morgan fingerprint density at radius 2 is 1.96 bits per heavy atom. The Kier molecular flexibility index (Phi) is 5.27. The number of para-hydroxylation sites is 1. The maximum Gasteiger partial charge on any atom is 0.222 e. The molecule has 0 unspecified atom stereocenters. The summed E-state index contributed by atoms with van der Waals surface area (Å²) < 4.78 is 7.85. The molecule has 2 aliphatic rings. The number of carbonyl (C=O) groups is 1. The zero-order valence-corrected chi connectivity index (χ0v) is 16.2. The van der Waals surface area contributed by atoms with Crippen molar-refractivity contribution in [3.8, 4) is 5.69 Å². The number of hydrogen-bond donors (Lipinski definition) is 0. The van der Waals surface area contributed by atoms with Crippen molar-refractivity contribution in [2.75, 3.05) is 39.4 Å². The predicted octanol–water partition coefficient (Wildman–Crippen LogP) is 2.48. The van der Waals surface area contributed by atoms with E-state index in [-0.39, 0.29) is 6.04 Å². The van der Waals surface area contributed by atoms with Crippen LogP contribution in [0.25, 0.3) is 5.69 Å². The van der Waals surface area contributed by atoms with Crippen LogP contribution < -0.4 is 0 Å². The number of amides is 1. The summed E-state index contributed by atoms with van der Waals surface area (Å²) in [7, 11) is 0. The largest absolute Gasteiger partial charge is 0.378 e. The van der Waals surface area contributed by atoms with E-state index in [0.29, 0.717) is 18.9 Å². The van der Waals surface area contributed by atoms with Crippen molar-refractivity contribution in [2.24, 2.45) is 0 Å². The summed E-state index contributed by atoms with van der Waals surface area (Å²) >= 11 is 0. The maximum atomic E-state index is 11.9. The van der Waals surface area contributed by atoms with E-state index in [1.54, 1.807) is 0 Å². The topological polar surface area (TPSA) is 50.6 Å². The van der Waals surface area contributed by atoms with Gasteiger partial charge in [0, 0.05) is 43.9 Å². The summed E-state index contributed by atoms with van der Waals surface area (Å²) in [5, 5.41) is 4.81. The molecule has 2 saturated heterocycles. The highest BCUT2D eigenvalue weighted by molar-refractivity contribution is 5.78. The van der Waals surface area contributed by atoms with E-state index in [4.69, 9.17) is 9.84 Å². The Hall–Kier alpha value is -2.18. The standard InChI is InChI=1S/C21H28N4O2/c1-16-21(17(2)25(22-16)18-7-4-3-5-8-18)19-15-27-14-13-23(19)11-12-24-10-6-9-20(24)26/h3-5,7-8,19H,6,9-15H2,1-2H3/t19-/m1/s1. The van der Waals surface area contributed by atoms with Crippen LogP contribution in [0.5, 0.6) is 0 Å². The summed E-state index contributed by atoms with van der Waals surface area (Å²) in [5.74, 6) is 0.295. The number of morpholine rings is 1. The lowest BCUT2D eigenvalue weighted by Crippen LogP contribution is -2.44. The summed E-state index contributed by atoms with van der Waals surface area (Å²) in [5.41, 5.74) is 4.55. The van der Waals surface area contributed by atoms with E-state index in [0.717, 1.165) is 56.3 Å². The van der Waals surface area contributed by atoms with Gasteiger partial charge in [0.1, 0.15) is 0 Å². The van der Waals surface area contributed by atoms with Crippen molar-refractivity contribution in [1.29, 1.82) is 0 Å². The molecular weight excluding hydrogens is 340 g/mol. The lowest BCUT2D eigenvalue weighted by atomic mass is 10.0. The molecule has 0 spiro atoms. The molecule has 144 valence electrons. The highest BCUT2D eigenvalue weighted by Gasteiger charge is 2.31. The Morgan fingerprint density at radius 3 is 2.70 bits per heavy atom. The van der Waals surface area contributed by atoms with Gasteiger partial charge in [0.25, 0.3) is 0 Å². The number of benzene rings is 1. The highest BCUT2D eigenvalue weighted by Crippen LogP contribution is 2.30. The predicted molar refractivity (Wildman–Crippen MR) is 104 cm³/mol. The van der Waals surface area contributed by atoms with Crippen LogP contribution in [-0.4, -0.2) is 64.9 Å². The molecular formula is C21H28N4O2. The summed E-state index contributed by atoms with van der Waals surface area (Å²) in [4.78, 5) is 16.4. The van der Waals surface area contributed by atoms with Gasteiger partial charge in [0.2, 0.25) is 5.91 Å². The average molecular weight is 368 g/mol. The highest BCUT2D eigenvalue weighted by atomic mass is 16.5. The Morgan fingerprint density at radius 1 is 1.15 bits per heavy atom. The van der Waals surface area contributed by atoms with Crippen LogP contribution in [0, 0.1) is 13.8 Å². The van der Waals surface area contributed by atoms with E-state index in [9.17, 15) is 4.79 Å². The van der Waals surface area contributed by atoms with E-state index >= 15 is 0 Å². The van der Waals surface area contributed by atoms with Crippen LogP contribution in [0.15, 0.2) is 30.3 Å². The second kappa shape index (κ2) is 7.82. The molecule has 1 atom stereocenters. The van der Waals surface area contributed by atoms with E-state index in [1.165, 1.54) is 5.56 Å². The lowest BCUT2D eigenvalue weighted by molar-refractivity contribution is -0.128. The van der Waals surface area contributed by atoms with Crippen LogP contribution in [0.2, 0.25) is 0 Å². The molecule has 0 saturated carbocycles. The first-order valence-corrected chi connectivity index (χ1v) is 9.86. The van der Waals surface area contributed by atoms with Crippen molar-refractivity contribution in [3.63, 3.8) is 0 Å². The fraction of sp³-hybridized carbons (Fsp3) is 0.524. The van der Waals surface area contributed by atoms with Gasteiger partial charge in [-0.1, -0.05) is 18.2 Å². The smallest absolute Gasteiger partial charge is 0.222 e. The van der Waals surface area contributed by atoms with Crippen molar-refractivity contribution < 1.29 is 9.53 Å². The molecule has 0 radical (unpaired) electrons. The number of carbonyl (C=O) groups excluding carboxylic acids is 1. The molecule has 0 N–H and O–H groups in total. The Labute approximate surface area is 160 Å². The number of nitrogens with zero attached hydrogens (tertiary/aromatic N) is 4. The first kappa shape index (κ1) is 18.2. The van der Waals surface area contributed by atoms with E-state index in [2.05, 4.69) is 30.9 Å². The van der Waals surface area contributed by atoms with Crippen molar-refractivity contribution in [2.45, 2.75) is 32.7 Å². The number of rotatable bonds is 5. The van der Waals surface area contributed by atoms with Crippen LogP contribution in [0.1, 0.15) is 35.8 Å². The van der Waals surface area contributed by atoms with Gasteiger partial charge in [-0.2, -0.15) is 5.10 Å². The Bertz CT molecular complexity index is 802. The second-order valence-electron chi connectivity index (χ2n) is 7.44. The minimum absolute atomic E-state index is 0.189. The minimum Gasteiger partial charge on any atom is -0.378 e. The SMILES string of the molecule is Cc1nn(-c2ccccc2)c(C)c1[C@H]1COCCN1CCN1CCCC1=O. The zero-order valence-electron chi connectivity index (χ0n) is 16.2. The van der Waals surface area contributed by atoms with Gasteiger partial charge in [-0.3, -0.25) is 9.69 Å². The molecule has 2 fully saturated rings. The maximum absolute atomic E-state index is 11.9. The van der Waals surface area contributed by atoms with Gasteiger partial charge < -0.3 is 9.64 Å². The molecule has 2 aliphatic heterocycles. The third-order valence-electron chi connectivity index (χ3n) is 5.75. The van der Waals surface area contributed by atoms with Gasteiger partial charge in [-0.15, -0.1) is 0 Å². The molecule has 3 heterocycles. The van der Waals surface area contributed by atoms with Crippen LogP contribution in [0.3, 0.4) is 0 Å². The number of aromatic nitrogens is 2. The third kappa shape index (κ3) is 3.64. The zero-order chi connectivity index (χ0) is 18.8. The number of ether oxygens (including phenoxy) is 1. The normalized spacial score (nSPS) is 21.2. The lowest BCUT2D eigenvalue weighted by Gasteiger charge is -2.36. The molecule has 1 amide bonds.